The van der Waals surface area contributed by atoms with Crippen molar-refractivity contribution in [2.75, 3.05) is 13.7 Å². The molecule has 5 nitrogen and oxygen atoms in total. The van der Waals surface area contributed by atoms with Crippen LogP contribution in [0.5, 0.6) is 0 Å². The van der Waals surface area contributed by atoms with Crippen molar-refractivity contribution in [3.05, 3.63) is 0 Å². The molecule has 2 heterocycles. The van der Waals surface area contributed by atoms with Crippen LogP contribution < -0.4 is 0 Å². The van der Waals surface area contributed by atoms with Crippen molar-refractivity contribution in [1.29, 1.82) is 0 Å². The fraction of sp³-hybridized carbons (Fsp3) is 0.889. The first-order valence-corrected chi connectivity index (χ1v) is 4.73. The Morgan fingerprint density at radius 1 is 1.64 bits per heavy atom. The molecule has 2 rings (SSSR count). The van der Waals surface area contributed by atoms with E-state index in [-0.39, 0.29) is 37.0 Å². The van der Waals surface area contributed by atoms with Crippen molar-refractivity contribution >= 4 is 5.97 Å². The van der Waals surface area contributed by atoms with E-state index >= 15 is 0 Å². The van der Waals surface area contributed by atoms with Gasteiger partial charge in [-0.25, -0.2) is 0 Å². The molecule has 0 radical (unpaired) electrons. The molecule has 4 atom stereocenters. The number of esters is 1. The molecule has 2 saturated heterocycles. The summed E-state index contributed by atoms with van der Waals surface area (Å²) >= 11 is 0. The normalized spacial score (nSPS) is 42.0. The highest BCUT2D eigenvalue weighted by Gasteiger charge is 2.46. The molecule has 80 valence electrons. The number of aliphatic hydroxyl groups excluding tert-OH is 1. The Morgan fingerprint density at radius 2 is 2.43 bits per heavy atom. The quantitative estimate of drug-likeness (QED) is 0.621. The average molecular weight is 202 g/mol. The summed E-state index contributed by atoms with van der Waals surface area (Å²) < 4.78 is 15.6. The van der Waals surface area contributed by atoms with Gasteiger partial charge in [0.05, 0.1) is 19.1 Å². The van der Waals surface area contributed by atoms with Crippen molar-refractivity contribution in [2.45, 2.75) is 31.3 Å². The fourth-order valence-electron chi connectivity index (χ4n) is 2.09. The summed E-state index contributed by atoms with van der Waals surface area (Å²) in [5, 5.41) is 9.09. The molecule has 0 bridgehead atoms. The summed E-state index contributed by atoms with van der Waals surface area (Å²) in [5.41, 5.74) is 0. The zero-order valence-electron chi connectivity index (χ0n) is 8.01. The molecule has 0 aromatic rings. The molecule has 2 aliphatic heterocycles. The first kappa shape index (κ1) is 9.89. The van der Waals surface area contributed by atoms with Gasteiger partial charge in [0.25, 0.3) is 0 Å². The van der Waals surface area contributed by atoms with E-state index < -0.39 is 0 Å². The number of carbonyl (C=O) groups excluding carboxylic acids is 1. The number of methoxy groups -OCH3 is 1. The summed E-state index contributed by atoms with van der Waals surface area (Å²) in [5.74, 6) is -0.224. The SMILES string of the molecule is CO[C@H]1C[C@H]2OC(=O)C[C@@H]2[C@H](CO)O1. The van der Waals surface area contributed by atoms with Crippen LogP contribution in [0.15, 0.2) is 0 Å². The van der Waals surface area contributed by atoms with E-state index in [0.717, 1.165) is 0 Å². The maximum atomic E-state index is 11.1. The molecule has 0 unspecified atom stereocenters. The first-order valence-electron chi connectivity index (χ1n) is 4.73. The Labute approximate surface area is 81.9 Å². The van der Waals surface area contributed by atoms with Crippen LogP contribution in [0.1, 0.15) is 12.8 Å². The highest BCUT2D eigenvalue weighted by atomic mass is 16.7. The van der Waals surface area contributed by atoms with Gasteiger partial charge in [-0.05, 0) is 0 Å². The molecule has 1 N–H and O–H groups in total. The van der Waals surface area contributed by atoms with Gasteiger partial charge in [-0.1, -0.05) is 0 Å². The summed E-state index contributed by atoms with van der Waals surface area (Å²) in [6.07, 6.45) is 0.0261. The minimum atomic E-state index is -0.376. The molecule has 2 fully saturated rings. The third kappa shape index (κ3) is 1.63. The Bertz CT molecular complexity index is 229. The predicted octanol–water partition coefficient (Wildman–Crippen LogP) is -0.328. The van der Waals surface area contributed by atoms with E-state index in [1.54, 1.807) is 0 Å². The van der Waals surface area contributed by atoms with Gasteiger partial charge in [0.15, 0.2) is 6.29 Å². The number of rotatable bonds is 2. The van der Waals surface area contributed by atoms with Crippen molar-refractivity contribution in [3.63, 3.8) is 0 Å². The monoisotopic (exact) mass is 202 g/mol. The van der Waals surface area contributed by atoms with Crippen LogP contribution in [-0.2, 0) is 19.0 Å². The van der Waals surface area contributed by atoms with Gasteiger partial charge in [0, 0.05) is 19.4 Å². The Morgan fingerprint density at radius 3 is 3.07 bits per heavy atom. The molecule has 0 spiro atoms. The number of carbonyl (C=O) groups is 1. The summed E-state index contributed by atoms with van der Waals surface area (Å²) in [6.45, 7) is -0.0995. The van der Waals surface area contributed by atoms with E-state index in [1.807, 2.05) is 0 Å². The second-order valence-electron chi connectivity index (χ2n) is 3.65. The van der Waals surface area contributed by atoms with E-state index in [4.69, 9.17) is 19.3 Å². The topological polar surface area (TPSA) is 65.0 Å². The maximum Gasteiger partial charge on any atom is 0.306 e. The van der Waals surface area contributed by atoms with Crippen LogP contribution in [0.3, 0.4) is 0 Å². The van der Waals surface area contributed by atoms with Gasteiger partial charge in [-0.15, -0.1) is 0 Å². The highest BCUT2D eigenvalue weighted by molar-refractivity contribution is 5.72. The summed E-state index contributed by atoms with van der Waals surface area (Å²) in [6, 6.07) is 0. The second kappa shape index (κ2) is 3.84. The van der Waals surface area contributed by atoms with Crippen LogP contribution >= 0.6 is 0 Å². The summed E-state index contributed by atoms with van der Waals surface area (Å²) in [7, 11) is 1.54. The van der Waals surface area contributed by atoms with Gasteiger partial charge in [-0.3, -0.25) is 4.79 Å². The number of fused-ring (bicyclic) bond motifs is 1. The second-order valence-corrected chi connectivity index (χ2v) is 3.65. The minimum Gasteiger partial charge on any atom is -0.462 e. The third-order valence-corrected chi connectivity index (χ3v) is 2.83. The Balaban J connectivity index is 2.07. The zero-order chi connectivity index (χ0) is 10.1. The summed E-state index contributed by atoms with van der Waals surface area (Å²) in [4.78, 5) is 11.1. The lowest BCUT2D eigenvalue weighted by atomic mass is 9.90. The number of hydrogen-bond acceptors (Lipinski definition) is 5. The van der Waals surface area contributed by atoms with E-state index in [9.17, 15) is 4.79 Å². The lowest BCUT2D eigenvalue weighted by Gasteiger charge is -2.35. The van der Waals surface area contributed by atoms with Crippen LogP contribution in [0.4, 0.5) is 0 Å². The van der Waals surface area contributed by atoms with Crippen molar-refractivity contribution in [3.8, 4) is 0 Å². The number of hydrogen-bond donors (Lipinski definition) is 1. The molecule has 2 aliphatic rings. The fourth-order valence-corrected chi connectivity index (χ4v) is 2.09. The molecule has 5 heteroatoms. The molecule has 14 heavy (non-hydrogen) atoms. The maximum absolute atomic E-state index is 11.1. The average Bonchev–Trinajstić information content (AvgIpc) is 2.56. The Kier molecular flexibility index (Phi) is 2.71. The molecular weight excluding hydrogens is 188 g/mol. The van der Waals surface area contributed by atoms with Crippen molar-refractivity contribution in [2.24, 2.45) is 5.92 Å². The van der Waals surface area contributed by atoms with Gasteiger partial charge in [0.1, 0.15) is 6.10 Å². The van der Waals surface area contributed by atoms with E-state index in [1.165, 1.54) is 7.11 Å². The molecule has 0 amide bonds. The van der Waals surface area contributed by atoms with Crippen LogP contribution in [-0.4, -0.2) is 43.3 Å². The molecular formula is C9H14O5. The highest BCUT2D eigenvalue weighted by Crippen LogP contribution is 2.35. The lowest BCUT2D eigenvalue weighted by molar-refractivity contribution is -0.224. The van der Waals surface area contributed by atoms with Crippen molar-refractivity contribution in [1.82, 2.24) is 0 Å². The van der Waals surface area contributed by atoms with E-state index in [2.05, 4.69) is 0 Å². The van der Waals surface area contributed by atoms with Crippen molar-refractivity contribution < 1.29 is 24.1 Å². The number of aliphatic hydroxyl groups is 1. The van der Waals surface area contributed by atoms with E-state index in [0.29, 0.717) is 12.8 Å². The molecule has 0 aliphatic carbocycles. The number of ether oxygens (including phenoxy) is 3. The van der Waals surface area contributed by atoms with Crippen LogP contribution in [0, 0.1) is 5.92 Å². The zero-order valence-corrected chi connectivity index (χ0v) is 8.01. The van der Waals surface area contributed by atoms with Gasteiger partial charge in [-0.2, -0.15) is 0 Å². The van der Waals surface area contributed by atoms with Gasteiger partial charge < -0.3 is 19.3 Å². The van der Waals surface area contributed by atoms with Gasteiger partial charge in [0.2, 0.25) is 0 Å². The Hall–Kier alpha value is -0.650. The lowest BCUT2D eigenvalue weighted by Crippen LogP contribution is -2.44. The van der Waals surface area contributed by atoms with Gasteiger partial charge >= 0.3 is 5.97 Å². The minimum absolute atomic E-state index is 0.0149. The molecule has 0 aromatic heterocycles. The van der Waals surface area contributed by atoms with Crippen LogP contribution in [0.25, 0.3) is 0 Å². The standard InChI is InChI=1S/C9H14O5/c1-12-9-3-6-5(2-8(11)13-6)7(4-10)14-9/h5-7,9-10H,2-4H2,1H3/t5-,6+,7-,9+/m0/s1. The third-order valence-electron chi connectivity index (χ3n) is 2.83. The molecule has 0 aromatic carbocycles. The predicted molar refractivity (Wildman–Crippen MR) is 45.4 cm³/mol. The van der Waals surface area contributed by atoms with Crippen LogP contribution in [0.2, 0.25) is 0 Å². The smallest absolute Gasteiger partial charge is 0.306 e. The molecule has 0 saturated carbocycles. The first-order chi connectivity index (χ1) is 6.74. The largest absolute Gasteiger partial charge is 0.462 e.